The normalized spacial score (nSPS) is 13.3. The molecule has 0 fully saturated rings. The maximum atomic E-state index is 12.1. The third-order valence-electron chi connectivity index (χ3n) is 2.44. The molecular weight excluding hydrogens is 320 g/mol. The Balaban J connectivity index is 2.20. The van der Waals surface area contributed by atoms with Gasteiger partial charge in [0.25, 0.3) is 0 Å². The predicted molar refractivity (Wildman–Crippen MR) is 76.9 cm³/mol. The second-order valence-corrected chi connectivity index (χ2v) is 7.64. The number of carboxylic acid groups (broad SMARTS) is 1. The molecule has 108 valence electrons. The maximum absolute atomic E-state index is 12.1. The third kappa shape index (κ3) is 3.23. The number of aryl methyl sites for hydroxylation is 1. The van der Waals surface area contributed by atoms with Crippen LogP contribution in [0.4, 0.5) is 0 Å². The van der Waals surface area contributed by atoms with Crippen molar-refractivity contribution in [3.8, 4) is 0 Å². The fourth-order valence-corrected chi connectivity index (χ4v) is 4.69. The molecule has 0 spiro atoms. The van der Waals surface area contributed by atoms with Crippen LogP contribution in [-0.4, -0.2) is 24.5 Å². The number of hydrogen-bond acceptors (Lipinski definition) is 6. The van der Waals surface area contributed by atoms with Crippen LogP contribution in [0.3, 0.4) is 0 Å². The predicted octanol–water partition coefficient (Wildman–Crippen LogP) is 2.25. The summed E-state index contributed by atoms with van der Waals surface area (Å²) in [4.78, 5) is 14.9. The summed E-state index contributed by atoms with van der Waals surface area (Å²) in [7, 11) is -3.75. The zero-order valence-corrected chi connectivity index (χ0v) is 13.1. The summed E-state index contributed by atoms with van der Waals surface area (Å²) in [6.07, 6.45) is 0. The average Bonchev–Trinajstić information content (AvgIpc) is 2.96. The molecule has 0 aliphatic carbocycles. The largest absolute Gasteiger partial charge is 0.477 e. The molecule has 2 N–H and O–H groups in total. The number of hydrogen-bond donors (Lipinski definition) is 2. The molecule has 2 aromatic rings. The summed E-state index contributed by atoms with van der Waals surface area (Å²) in [5.41, 5.74) is 0.833. The second kappa shape index (κ2) is 5.60. The van der Waals surface area contributed by atoms with Crippen molar-refractivity contribution < 1.29 is 18.3 Å². The van der Waals surface area contributed by atoms with E-state index in [0.29, 0.717) is 5.01 Å². The Bertz CT molecular complexity index is 732. The molecule has 1 unspecified atom stereocenters. The Labute approximate surface area is 124 Å². The summed E-state index contributed by atoms with van der Waals surface area (Å²) in [6, 6.07) is 0.682. The number of nitrogens with one attached hydrogen (secondary N) is 1. The van der Waals surface area contributed by atoms with Crippen molar-refractivity contribution in [3.05, 3.63) is 32.4 Å². The third-order valence-corrected chi connectivity index (χ3v) is 6.17. The fraction of sp³-hybridized carbons (Fsp3) is 0.273. The van der Waals surface area contributed by atoms with Crippen LogP contribution in [0.25, 0.3) is 0 Å². The summed E-state index contributed by atoms with van der Waals surface area (Å²) in [6.45, 7) is 3.53. The number of carbonyl (C=O) groups is 1. The number of aromatic nitrogens is 1. The SMILES string of the molecule is Cc1csc(C(C)NS(=O)(=O)c2csc(C(=O)O)c2)n1. The highest BCUT2D eigenvalue weighted by molar-refractivity contribution is 7.89. The zero-order chi connectivity index (χ0) is 14.9. The van der Waals surface area contributed by atoms with Crippen LogP contribution in [0.1, 0.15) is 33.3 Å². The van der Waals surface area contributed by atoms with E-state index >= 15 is 0 Å². The van der Waals surface area contributed by atoms with Gasteiger partial charge >= 0.3 is 5.97 Å². The molecule has 0 amide bonds. The van der Waals surface area contributed by atoms with Crippen LogP contribution in [0.5, 0.6) is 0 Å². The van der Waals surface area contributed by atoms with Crippen LogP contribution < -0.4 is 4.72 Å². The number of thiophene rings is 1. The van der Waals surface area contributed by atoms with Gasteiger partial charge in [-0.3, -0.25) is 0 Å². The Kier molecular flexibility index (Phi) is 4.23. The number of sulfonamides is 1. The molecular formula is C11H12N2O4S3. The van der Waals surface area contributed by atoms with Gasteiger partial charge in [-0.1, -0.05) is 0 Å². The van der Waals surface area contributed by atoms with Gasteiger partial charge in [0.1, 0.15) is 9.88 Å². The smallest absolute Gasteiger partial charge is 0.345 e. The van der Waals surface area contributed by atoms with Gasteiger partial charge in [0.2, 0.25) is 10.0 Å². The van der Waals surface area contributed by atoms with Crippen molar-refractivity contribution in [2.75, 3.05) is 0 Å². The lowest BCUT2D eigenvalue weighted by Gasteiger charge is -2.10. The number of aromatic carboxylic acids is 1. The molecule has 6 nitrogen and oxygen atoms in total. The van der Waals surface area contributed by atoms with Crippen molar-refractivity contribution >= 4 is 38.7 Å². The van der Waals surface area contributed by atoms with Crippen LogP contribution in [0.15, 0.2) is 21.7 Å². The van der Waals surface area contributed by atoms with Crippen molar-refractivity contribution in [2.45, 2.75) is 24.8 Å². The molecule has 0 saturated heterocycles. The number of nitrogens with zero attached hydrogens (tertiary/aromatic N) is 1. The van der Waals surface area contributed by atoms with Crippen molar-refractivity contribution in [1.29, 1.82) is 0 Å². The lowest BCUT2D eigenvalue weighted by Crippen LogP contribution is -2.26. The maximum Gasteiger partial charge on any atom is 0.345 e. The van der Waals surface area contributed by atoms with E-state index in [1.807, 2.05) is 12.3 Å². The molecule has 2 rings (SSSR count). The van der Waals surface area contributed by atoms with Gasteiger partial charge < -0.3 is 5.11 Å². The first-order chi connectivity index (χ1) is 9.29. The topological polar surface area (TPSA) is 96.4 Å². The Morgan fingerprint density at radius 1 is 1.40 bits per heavy atom. The van der Waals surface area contributed by atoms with E-state index in [4.69, 9.17) is 5.11 Å². The minimum atomic E-state index is -3.75. The highest BCUT2D eigenvalue weighted by Crippen LogP contribution is 2.23. The molecule has 2 aromatic heterocycles. The van der Waals surface area contributed by atoms with E-state index in [9.17, 15) is 13.2 Å². The van der Waals surface area contributed by atoms with Crippen molar-refractivity contribution in [2.24, 2.45) is 0 Å². The molecule has 9 heteroatoms. The van der Waals surface area contributed by atoms with Gasteiger partial charge in [-0.05, 0) is 19.9 Å². The van der Waals surface area contributed by atoms with Gasteiger partial charge in [-0.15, -0.1) is 22.7 Å². The highest BCUT2D eigenvalue weighted by Gasteiger charge is 2.22. The van der Waals surface area contributed by atoms with Crippen LogP contribution >= 0.6 is 22.7 Å². The average molecular weight is 332 g/mol. The molecule has 20 heavy (non-hydrogen) atoms. The molecule has 0 aliphatic heterocycles. The first-order valence-corrected chi connectivity index (χ1v) is 8.80. The van der Waals surface area contributed by atoms with Crippen LogP contribution in [-0.2, 0) is 10.0 Å². The first-order valence-electron chi connectivity index (χ1n) is 5.56. The summed E-state index contributed by atoms with van der Waals surface area (Å²) in [5.74, 6) is -1.14. The van der Waals surface area contributed by atoms with Crippen LogP contribution in [0.2, 0.25) is 0 Å². The molecule has 2 heterocycles. The lowest BCUT2D eigenvalue weighted by atomic mass is 10.4. The van der Waals surface area contributed by atoms with E-state index < -0.39 is 22.0 Å². The van der Waals surface area contributed by atoms with Gasteiger partial charge in [0, 0.05) is 16.5 Å². The summed E-state index contributed by atoms with van der Waals surface area (Å²) in [5, 5.41) is 12.6. The van der Waals surface area contributed by atoms with E-state index in [1.165, 1.54) is 16.7 Å². The van der Waals surface area contributed by atoms with E-state index in [1.54, 1.807) is 6.92 Å². The van der Waals surface area contributed by atoms with Crippen molar-refractivity contribution in [1.82, 2.24) is 9.71 Å². The fourth-order valence-electron chi connectivity index (χ4n) is 1.49. The molecule has 0 aromatic carbocycles. The summed E-state index contributed by atoms with van der Waals surface area (Å²) >= 11 is 2.25. The summed E-state index contributed by atoms with van der Waals surface area (Å²) < 4.78 is 26.8. The van der Waals surface area contributed by atoms with Crippen LogP contribution in [0, 0.1) is 6.92 Å². The number of rotatable bonds is 5. The van der Waals surface area contributed by atoms with E-state index in [-0.39, 0.29) is 9.77 Å². The van der Waals surface area contributed by atoms with Gasteiger partial charge in [-0.25, -0.2) is 22.9 Å². The highest BCUT2D eigenvalue weighted by atomic mass is 32.2. The zero-order valence-electron chi connectivity index (χ0n) is 10.7. The van der Waals surface area contributed by atoms with E-state index in [0.717, 1.165) is 23.1 Å². The monoisotopic (exact) mass is 332 g/mol. The Hall–Kier alpha value is -1.29. The van der Waals surface area contributed by atoms with Gasteiger partial charge in [0.15, 0.2) is 0 Å². The molecule has 0 radical (unpaired) electrons. The minimum Gasteiger partial charge on any atom is -0.477 e. The number of thiazole rings is 1. The van der Waals surface area contributed by atoms with E-state index in [2.05, 4.69) is 9.71 Å². The standard InChI is InChI=1S/C11H12N2O4S3/c1-6-4-19-10(12-6)7(2)13-20(16,17)8-3-9(11(14)15)18-5-8/h3-5,7,13H,1-2H3,(H,14,15). The van der Waals surface area contributed by atoms with Crippen molar-refractivity contribution in [3.63, 3.8) is 0 Å². The lowest BCUT2D eigenvalue weighted by molar-refractivity contribution is 0.0702. The molecule has 0 saturated carbocycles. The second-order valence-electron chi connectivity index (χ2n) is 4.12. The quantitative estimate of drug-likeness (QED) is 0.875. The van der Waals surface area contributed by atoms with Gasteiger partial charge in [0.05, 0.1) is 10.9 Å². The molecule has 0 aliphatic rings. The minimum absolute atomic E-state index is 0.0110. The molecule has 1 atom stereocenters. The first kappa shape index (κ1) is 15.1. The molecule has 0 bridgehead atoms. The Morgan fingerprint density at radius 2 is 2.10 bits per heavy atom. The Morgan fingerprint density at radius 3 is 2.60 bits per heavy atom. The number of carboxylic acids is 1. The van der Waals surface area contributed by atoms with Gasteiger partial charge in [-0.2, -0.15) is 0 Å².